The van der Waals surface area contributed by atoms with Crippen LogP contribution in [0.2, 0.25) is 5.02 Å². The smallest absolute Gasteiger partial charge is 0.250 e. The van der Waals surface area contributed by atoms with E-state index in [0.717, 1.165) is 5.69 Å². The number of anilines is 1. The van der Waals surface area contributed by atoms with E-state index in [9.17, 15) is 13.2 Å². The summed E-state index contributed by atoms with van der Waals surface area (Å²) in [6, 6.07) is 5.02. The minimum Gasteiger partial charge on any atom is -0.382 e. The molecule has 0 aliphatic carbocycles. The van der Waals surface area contributed by atoms with Crippen LogP contribution in [-0.2, 0) is 9.84 Å². The Labute approximate surface area is 117 Å². The van der Waals surface area contributed by atoms with Gasteiger partial charge in [-0.2, -0.15) is 0 Å². The summed E-state index contributed by atoms with van der Waals surface area (Å²) in [7, 11) is -2.86. The molecule has 0 aromatic heterocycles. The van der Waals surface area contributed by atoms with Gasteiger partial charge in [-0.3, -0.25) is 4.79 Å². The van der Waals surface area contributed by atoms with Gasteiger partial charge in [0.1, 0.15) is 9.84 Å². The van der Waals surface area contributed by atoms with Gasteiger partial charge in [0.2, 0.25) is 5.91 Å². The summed E-state index contributed by atoms with van der Waals surface area (Å²) in [6.07, 6.45) is 1.16. The normalized spacial score (nSPS) is 19.0. The number of amides is 1. The number of benzene rings is 1. The zero-order chi connectivity index (χ0) is 14.0. The standard InChI is InChI=1S/C12H15ClN2O3S/c13-11-7-9(1-2-10(11)12(14)16)15-8-3-5-19(17,18)6-4-8/h1-2,7-8,15H,3-6H2,(H2,14,16). The summed E-state index contributed by atoms with van der Waals surface area (Å²) >= 11 is 5.95. The highest BCUT2D eigenvalue weighted by atomic mass is 35.5. The molecule has 0 saturated carbocycles. The molecule has 104 valence electrons. The summed E-state index contributed by atoms with van der Waals surface area (Å²) in [5, 5.41) is 3.52. The summed E-state index contributed by atoms with van der Waals surface area (Å²) in [4.78, 5) is 11.0. The molecular weight excluding hydrogens is 288 g/mol. The Bertz CT molecular complexity index is 587. The third kappa shape index (κ3) is 3.61. The Balaban J connectivity index is 2.04. The van der Waals surface area contributed by atoms with Crippen molar-refractivity contribution < 1.29 is 13.2 Å². The summed E-state index contributed by atoms with van der Waals surface area (Å²) in [5.41, 5.74) is 6.21. The number of carbonyl (C=O) groups is 1. The number of halogens is 1. The van der Waals surface area contributed by atoms with E-state index in [1.807, 2.05) is 0 Å². The molecule has 1 fully saturated rings. The molecule has 1 aliphatic rings. The van der Waals surface area contributed by atoms with Crippen LogP contribution < -0.4 is 11.1 Å². The molecule has 19 heavy (non-hydrogen) atoms. The van der Waals surface area contributed by atoms with E-state index >= 15 is 0 Å². The Morgan fingerprint density at radius 2 is 1.95 bits per heavy atom. The minimum atomic E-state index is -2.86. The van der Waals surface area contributed by atoms with Crippen molar-refractivity contribution in [2.75, 3.05) is 16.8 Å². The van der Waals surface area contributed by atoms with E-state index < -0.39 is 15.7 Å². The van der Waals surface area contributed by atoms with Crippen LogP contribution in [0.5, 0.6) is 0 Å². The van der Waals surface area contributed by atoms with Crippen molar-refractivity contribution in [3.8, 4) is 0 Å². The summed E-state index contributed by atoms with van der Waals surface area (Å²) in [6.45, 7) is 0. The van der Waals surface area contributed by atoms with Crippen LogP contribution in [-0.4, -0.2) is 31.9 Å². The monoisotopic (exact) mass is 302 g/mol. The lowest BCUT2D eigenvalue weighted by molar-refractivity contribution is 0.100. The highest BCUT2D eigenvalue weighted by Gasteiger charge is 2.23. The Morgan fingerprint density at radius 1 is 1.32 bits per heavy atom. The first-order valence-electron chi connectivity index (χ1n) is 5.94. The third-order valence-electron chi connectivity index (χ3n) is 3.16. The number of rotatable bonds is 3. The molecule has 1 amide bonds. The van der Waals surface area contributed by atoms with Crippen LogP contribution in [0.4, 0.5) is 5.69 Å². The van der Waals surface area contributed by atoms with Crippen molar-refractivity contribution in [3.05, 3.63) is 28.8 Å². The first kappa shape index (κ1) is 14.1. The molecule has 7 heteroatoms. The number of hydrogen-bond donors (Lipinski definition) is 2. The zero-order valence-electron chi connectivity index (χ0n) is 10.2. The van der Waals surface area contributed by atoms with Crippen LogP contribution >= 0.6 is 11.6 Å². The maximum atomic E-state index is 11.3. The molecule has 0 unspecified atom stereocenters. The molecule has 2 rings (SSSR count). The summed E-state index contributed by atoms with van der Waals surface area (Å²) in [5.74, 6) is -0.157. The fourth-order valence-corrected chi connectivity index (χ4v) is 3.84. The second-order valence-electron chi connectivity index (χ2n) is 4.63. The third-order valence-corrected chi connectivity index (χ3v) is 5.19. The van der Waals surface area contributed by atoms with Gasteiger partial charge in [-0.25, -0.2) is 8.42 Å². The Kier molecular flexibility index (Phi) is 4.01. The number of nitrogens with two attached hydrogens (primary N) is 1. The van der Waals surface area contributed by atoms with E-state index in [4.69, 9.17) is 17.3 Å². The molecule has 3 N–H and O–H groups in total. The number of primary amides is 1. The lowest BCUT2D eigenvalue weighted by Gasteiger charge is -2.24. The second-order valence-corrected chi connectivity index (χ2v) is 7.34. The fourth-order valence-electron chi connectivity index (χ4n) is 2.07. The maximum Gasteiger partial charge on any atom is 0.250 e. The van der Waals surface area contributed by atoms with E-state index in [2.05, 4.69) is 5.32 Å². The van der Waals surface area contributed by atoms with E-state index in [-0.39, 0.29) is 23.1 Å². The van der Waals surface area contributed by atoms with Crippen molar-refractivity contribution >= 4 is 33.0 Å². The molecule has 5 nitrogen and oxygen atoms in total. The number of sulfone groups is 1. The fraction of sp³-hybridized carbons (Fsp3) is 0.417. The van der Waals surface area contributed by atoms with Gasteiger partial charge >= 0.3 is 0 Å². The van der Waals surface area contributed by atoms with Crippen molar-refractivity contribution in [1.29, 1.82) is 0 Å². The average molecular weight is 303 g/mol. The molecule has 1 aliphatic heterocycles. The average Bonchev–Trinajstić information content (AvgIpc) is 2.31. The summed E-state index contributed by atoms with van der Waals surface area (Å²) < 4.78 is 22.6. The lowest BCUT2D eigenvalue weighted by Crippen LogP contribution is -2.32. The largest absolute Gasteiger partial charge is 0.382 e. The molecule has 0 spiro atoms. The van der Waals surface area contributed by atoms with Gasteiger partial charge in [-0.15, -0.1) is 0 Å². The minimum absolute atomic E-state index is 0.110. The highest BCUT2D eigenvalue weighted by Crippen LogP contribution is 2.23. The molecule has 1 aromatic carbocycles. The van der Waals surface area contributed by atoms with Gasteiger partial charge < -0.3 is 11.1 Å². The van der Waals surface area contributed by atoms with Crippen LogP contribution in [0.1, 0.15) is 23.2 Å². The van der Waals surface area contributed by atoms with Gasteiger partial charge in [0.05, 0.1) is 22.1 Å². The highest BCUT2D eigenvalue weighted by molar-refractivity contribution is 7.91. The zero-order valence-corrected chi connectivity index (χ0v) is 11.8. The maximum absolute atomic E-state index is 11.3. The predicted molar refractivity (Wildman–Crippen MR) is 75.3 cm³/mol. The lowest BCUT2D eigenvalue weighted by atomic mass is 10.1. The van der Waals surface area contributed by atoms with Crippen molar-refractivity contribution in [3.63, 3.8) is 0 Å². The van der Waals surface area contributed by atoms with Crippen molar-refractivity contribution in [2.24, 2.45) is 5.73 Å². The quantitative estimate of drug-likeness (QED) is 0.884. The molecule has 1 saturated heterocycles. The van der Waals surface area contributed by atoms with Gasteiger partial charge in [0.15, 0.2) is 0 Å². The first-order valence-corrected chi connectivity index (χ1v) is 8.14. The van der Waals surface area contributed by atoms with Gasteiger partial charge in [-0.1, -0.05) is 11.6 Å². The van der Waals surface area contributed by atoms with Crippen LogP contribution in [0, 0.1) is 0 Å². The topological polar surface area (TPSA) is 89.3 Å². The van der Waals surface area contributed by atoms with E-state index in [0.29, 0.717) is 17.9 Å². The predicted octanol–water partition coefficient (Wildman–Crippen LogP) is 1.43. The first-order chi connectivity index (χ1) is 8.87. The van der Waals surface area contributed by atoms with Crippen LogP contribution in [0.3, 0.4) is 0 Å². The Morgan fingerprint density at radius 3 is 2.47 bits per heavy atom. The molecule has 1 heterocycles. The molecule has 0 bridgehead atoms. The molecular formula is C12H15ClN2O3S. The number of carbonyl (C=O) groups excluding carboxylic acids is 1. The van der Waals surface area contributed by atoms with Gasteiger partial charge in [0.25, 0.3) is 0 Å². The van der Waals surface area contributed by atoms with Gasteiger partial charge in [-0.05, 0) is 31.0 Å². The Hall–Kier alpha value is -1.27. The second kappa shape index (κ2) is 5.38. The van der Waals surface area contributed by atoms with Gasteiger partial charge in [0, 0.05) is 11.7 Å². The van der Waals surface area contributed by atoms with Crippen molar-refractivity contribution in [1.82, 2.24) is 0 Å². The molecule has 0 radical (unpaired) electrons. The SMILES string of the molecule is NC(=O)c1ccc(NC2CCS(=O)(=O)CC2)cc1Cl. The van der Waals surface area contributed by atoms with Crippen molar-refractivity contribution in [2.45, 2.75) is 18.9 Å². The number of hydrogen-bond acceptors (Lipinski definition) is 4. The molecule has 0 atom stereocenters. The van der Waals surface area contributed by atoms with Crippen LogP contribution in [0.15, 0.2) is 18.2 Å². The van der Waals surface area contributed by atoms with Crippen LogP contribution in [0.25, 0.3) is 0 Å². The van der Waals surface area contributed by atoms with E-state index in [1.165, 1.54) is 0 Å². The van der Waals surface area contributed by atoms with E-state index in [1.54, 1.807) is 18.2 Å². The molecule has 1 aromatic rings. The number of nitrogens with one attached hydrogen (secondary N) is 1.